The Morgan fingerprint density at radius 2 is 1.79 bits per heavy atom. The number of nitrogens with one attached hydrogen (secondary N) is 1. The summed E-state index contributed by atoms with van der Waals surface area (Å²) in [6, 6.07) is 13.2. The van der Waals surface area contributed by atoms with E-state index in [0.29, 0.717) is 16.5 Å². The number of nitrogens with zero attached hydrogens (tertiary/aromatic N) is 3. The summed E-state index contributed by atoms with van der Waals surface area (Å²) in [7, 11) is 0.389. The SMILES string of the molecule is CN(c1ccc2c(c1)nc(C(C)(C)C)n2CC1CCOCC1)S(=O)c1ccc(NC(=O)C(C)(C)CN)cc1. The van der Waals surface area contributed by atoms with Gasteiger partial charge < -0.3 is 20.4 Å². The second-order valence-corrected chi connectivity index (χ2v) is 13.4. The summed E-state index contributed by atoms with van der Waals surface area (Å²) in [5.41, 5.74) is 8.42. The lowest BCUT2D eigenvalue weighted by Gasteiger charge is -2.26. The zero-order chi connectivity index (χ0) is 27.7. The highest BCUT2D eigenvalue weighted by Crippen LogP contribution is 2.32. The minimum atomic E-state index is -1.43. The lowest BCUT2D eigenvalue weighted by molar-refractivity contribution is -0.123. The predicted octanol–water partition coefficient (Wildman–Crippen LogP) is 4.84. The van der Waals surface area contributed by atoms with Crippen LogP contribution in [-0.2, 0) is 32.5 Å². The number of amides is 1. The standard InChI is InChI=1S/C29H41N5O3S/c1-28(2,3)26-32-24-17-22(9-12-25(24)34(26)18-20-13-15-37-16-14-20)33(6)38(36)23-10-7-21(8-11-23)31-27(35)29(4,5)19-30/h7-12,17,20H,13-16,18-19,30H2,1-6H3,(H,31,35). The van der Waals surface area contributed by atoms with Crippen molar-refractivity contribution in [2.45, 2.75) is 64.3 Å². The molecule has 2 heterocycles. The van der Waals surface area contributed by atoms with Crippen LogP contribution in [0.3, 0.4) is 0 Å². The molecular weight excluding hydrogens is 498 g/mol. The first-order valence-corrected chi connectivity index (χ1v) is 14.4. The molecule has 3 aromatic rings. The van der Waals surface area contributed by atoms with Gasteiger partial charge in [-0.2, -0.15) is 0 Å². The van der Waals surface area contributed by atoms with Crippen molar-refractivity contribution in [3.8, 4) is 0 Å². The van der Waals surface area contributed by atoms with Crippen LogP contribution >= 0.6 is 0 Å². The van der Waals surface area contributed by atoms with E-state index >= 15 is 0 Å². The van der Waals surface area contributed by atoms with E-state index in [1.54, 1.807) is 42.4 Å². The fraction of sp³-hybridized carbons (Fsp3) is 0.517. The average Bonchev–Trinajstić information content (AvgIpc) is 3.27. The molecule has 0 saturated carbocycles. The zero-order valence-corrected chi connectivity index (χ0v) is 24.2. The number of rotatable bonds is 8. The van der Waals surface area contributed by atoms with Gasteiger partial charge in [-0.15, -0.1) is 0 Å². The number of benzene rings is 2. The highest BCUT2D eigenvalue weighted by atomic mass is 32.2. The van der Waals surface area contributed by atoms with Crippen LogP contribution in [0.4, 0.5) is 11.4 Å². The smallest absolute Gasteiger partial charge is 0.231 e. The van der Waals surface area contributed by atoms with E-state index in [1.165, 1.54) is 0 Å². The van der Waals surface area contributed by atoms with Crippen LogP contribution in [-0.4, -0.2) is 46.5 Å². The van der Waals surface area contributed by atoms with Gasteiger partial charge in [-0.3, -0.25) is 9.10 Å². The molecule has 0 spiro atoms. The number of anilines is 2. The first-order chi connectivity index (χ1) is 17.9. The van der Waals surface area contributed by atoms with Gasteiger partial charge in [0.05, 0.1) is 27.0 Å². The van der Waals surface area contributed by atoms with Gasteiger partial charge in [0.2, 0.25) is 5.91 Å². The van der Waals surface area contributed by atoms with Crippen LogP contribution in [0.2, 0.25) is 0 Å². The van der Waals surface area contributed by atoms with Crippen LogP contribution < -0.4 is 15.4 Å². The average molecular weight is 540 g/mol. The topological polar surface area (TPSA) is 102 Å². The monoisotopic (exact) mass is 539 g/mol. The predicted molar refractivity (Wildman–Crippen MR) is 155 cm³/mol. The van der Waals surface area contributed by atoms with Crippen molar-refractivity contribution in [1.29, 1.82) is 0 Å². The van der Waals surface area contributed by atoms with Gasteiger partial charge in [0.1, 0.15) is 5.82 Å². The molecule has 3 N–H and O–H groups in total. The van der Waals surface area contributed by atoms with E-state index in [4.69, 9.17) is 15.5 Å². The molecule has 1 amide bonds. The molecule has 4 rings (SSSR count). The third-order valence-electron chi connectivity index (χ3n) is 7.24. The Bertz CT molecular complexity index is 1300. The Morgan fingerprint density at radius 1 is 1.13 bits per heavy atom. The molecule has 1 atom stereocenters. The summed E-state index contributed by atoms with van der Waals surface area (Å²) in [6.45, 7) is 13.0. The molecule has 1 fully saturated rings. The number of ether oxygens (including phenoxy) is 1. The lowest BCUT2D eigenvalue weighted by Crippen LogP contribution is -2.37. The number of nitrogens with two attached hydrogens (primary N) is 1. The minimum Gasteiger partial charge on any atom is -0.381 e. The van der Waals surface area contributed by atoms with E-state index in [1.807, 2.05) is 19.2 Å². The second kappa shape index (κ2) is 11.2. The van der Waals surface area contributed by atoms with Gasteiger partial charge in [0.25, 0.3) is 0 Å². The van der Waals surface area contributed by atoms with Gasteiger partial charge in [-0.05, 0) is 75.1 Å². The van der Waals surface area contributed by atoms with E-state index in [9.17, 15) is 9.00 Å². The molecule has 8 nitrogen and oxygen atoms in total. The largest absolute Gasteiger partial charge is 0.381 e. The van der Waals surface area contributed by atoms with Crippen molar-refractivity contribution >= 4 is 39.3 Å². The first-order valence-electron chi connectivity index (χ1n) is 13.3. The third kappa shape index (κ3) is 6.11. The molecule has 1 aliphatic rings. The summed E-state index contributed by atoms with van der Waals surface area (Å²) in [6.07, 6.45) is 2.13. The minimum absolute atomic E-state index is 0.102. The van der Waals surface area contributed by atoms with E-state index in [0.717, 1.165) is 55.1 Å². The Morgan fingerprint density at radius 3 is 2.39 bits per heavy atom. The van der Waals surface area contributed by atoms with Gasteiger partial charge in [-0.25, -0.2) is 9.19 Å². The van der Waals surface area contributed by atoms with Gasteiger partial charge in [0.15, 0.2) is 11.0 Å². The fourth-order valence-corrected chi connectivity index (χ4v) is 5.55. The number of fused-ring (bicyclic) bond motifs is 1. The Balaban J connectivity index is 1.55. The lowest BCUT2D eigenvalue weighted by atomic mass is 9.92. The number of carbonyl (C=O) groups is 1. The highest BCUT2D eigenvalue weighted by molar-refractivity contribution is 7.86. The molecule has 1 aromatic heterocycles. The summed E-state index contributed by atoms with van der Waals surface area (Å²) in [5.74, 6) is 1.49. The van der Waals surface area contributed by atoms with Crippen molar-refractivity contribution < 1.29 is 13.7 Å². The van der Waals surface area contributed by atoms with Gasteiger partial charge in [0, 0.05) is 44.5 Å². The van der Waals surface area contributed by atoms with Crippen LogP contribution in [0, 0.1) is 11.3 Å². The second-order valence-electron chi connectivity index (χ2n) is 11.8. The van der Waals surface area contributed by atoms with E-state index < -0.39 is 16.4 Å². The number of hydrogen-bond donors (Lipinski definition) is 2. The van der Waals surface area contributed by atoms with Gasteiger partial charge >= 0.3 is 0 Å². The number of aromatic nitrogens is 2. The molecular formula is C29H41N5O3S. The molecule has 38 heavy (non-hydrogen) atoms. The van der Waals surface area contributed by atoms with Crippen molar-refractivity contribution in [2.75, 3.05) is 36.4 Å². The maximum absolute atomic E-state index is 13.4. The molecule has 0 radical (unpaired) electrons. The normalized spacial score (nSPS) is 16.0. The number of carbonyl (C=O) groups excluding carboxylic acids is 1. The maximum atomic E-state index is 13.4. The summed E-state index contributed by atoms with van der Waals surface area (Å²) in [4.78, 5) is 18.1. The summed E-state index contributed by atoms with van der Waals surface area (Å²) >= 11 is 0. The van der Waals surface area contributed by atoms with Crippen LogP contribution in [0.15, 0.2) is 47.4 Å². The zero-order valence-electron chi connectivity index (χ0n) is 23.4. The van der Waals surface area contributed by atoms with Crippen LogP contribution in [0.25, 0.3) is 11.0 Å². The Kier molecular flexibility index (Phi) is 8.30. The molecule has 0 bridgehead atoms. The first kappa shape index (κ1) is 28.3. The molecule has 1 aliphatic heterocycles. The molecule has 1 saturated heterocycles. The van der Waals surface area contributed by atoms with Crippen LogP contribution in [0.5, 0.6) is 0 Å². The molecule has 1 unspecified atom stereocenters. The summed E-state index contributed by atoms with van der Waals surface area (Å²) in [5, 5.41) is 2.88. The molecule has 206 valence electrons. The number of hydrogen-bond acceptors (Lipinski definition) is 5. The maximum Gasteiger partial charge on any atom is 0.231 e. The highest BCUT2D eigenvalue weighted by Gasteiger charge is 2.27. The molecule has 9 heteroatoms. The molecule has 2 aromatic carbocycles. The molecule has 0 aliphatic carbocycles. The Labute approximate surface area is 228 Å². The quantitative estimate of drug-likeness (QED) is 0.426. The Hall–Kier alpha value is -2.75. The fourth-order valence-electron chi connectivity index (χ4n) is 4.56. The van der Waals surface area contributed by atoms with Crippen molar-refractivity contribution in [1.82, 2.24) is 9.55 Å². The van der Waals surface area contributed by atoms with Crippen LogP contribution in [0.1, 0.15) is 53.3 Å². The third-order valence-corrected chi connectivity index (χ3v) is 8.62. The van der Waals surface area contributed by atoms with Crippen molar-refractivity contribution in [3.05, 3.63) is 48.3 Å². The van der Waals surface area contributed by atoms with E-state index in [2.05, 4.69) is 36.7 Å². The van der Waals surface area contributed by atoms with E-state index in [-0.39, 0.29) is 17.9 Å². The van der Waals surface area contributed by atoms with Gasteiger partial charge in [-0.1, -0.05) is 20.8 Å². The van der Waals surface area contributed by atoms with Crippen molar-refractivity contribution in [2.24, 2.45) is 17.1 Å². The number of imidazole rings is 1. The van der Waals surface area contributed by atoms with Crippen molar-refractivity contribution in [3.63, 3.8) is 0 Å². The summed E-state index contributed by atoms with van der Waals surface area (Å²) < 4.78 is 23.1.